The number of hydrogen-bond donors (Lipinski definition) is 2. The molecule has 2 unspecified atom stereocenters. The Hall–Kier alpha value is -0.570. The average Bonchev–Trinajstić information content (AvgIpc) is 3.02. The Morgan fingerprint density at radius 3 is 2.58 bits per heavy atom. The second-order valence-electron chi connectivity index (χ2n) is 6.16. The van der Waals surface area contributed by atoms with E-state index in [1.807, 2.05) is 6.92 Å². The van der Waals surface area contributed by atoms with Gasteiger partial charge < -0.3 is 10.4 Å². The molecular weight excluding hydrogens is 258 g/mol. The molecule has 0 amide bonds. The van der Waals surface area contributed by atoms with Crippen molar-refractivity contribution in [2.75, 3.05) is 13.1 Å². The lowest BCUT2D eigenvalue weighted by Crippen LogP contribution is -2.39. The molecule has 2 aliphatic rings. The molecule has 1 heterocycles. The maximum atomic E-state index is 10.3. The third-order valence-electron chi connectivity index (χ3n) is 5.13. The zero-order valence-electron chi connectivity index (χ0n) is 11.5. The number of nitrogens with one attached hydrogen (secondary N) is 1. The van der Waals surface area contributed by atoms with E-state index in [1.165, 1.54) is 31.2 Å². The molecule has 1 saturated carbocycles. The number of benzene rings is 1. The highest BCUT2D eigenvalue weighted by atomic mass is 35.5. The van der Waals surface area contributed by atoms with Gasteiger partial charge in [-0.1, -0.05) is 36.6 Å². The predicted molar refractivity (Wildman–Crippen MR) is 78.7 cm³/mol. The molecule has 2 atom stereocenters. The van der Waals surface area contributed by atoms with Gasteiger partial charge in [0.15, 0.2) is 0 Å². The van der Waals surface area contributed by atoms with Gasteiger partial charge in [-0.15, -0.1) is 0 Å². The van der Waals surface area contributed by atoms with Crippen molar-refractivity contribution in [1.29, 1.82) is 0 Å². The fourth-order valence-electron chi connectivity index (χ4n) is 4.01. The maximum absolute atomic E-state index is 10.3. The predicted octanol–water partition coefficient (Wildman–Crippen LogP) is 3.04. The van der Waals surface area contributed by atoms with Gasteiger partial charge in [-0.25, -0.2) is 0 Å². The second kappa shape index (κ2) is 5.08. The average molecular weight is 280 g/mol. The van der Waals surface area contributed by atoms with E-state index in [4.69, 9.17) is 11.6 Å². The Morgan fingerprint density at radius 2 is 2.00 bits per heavy atom. The molecule has 1 aromatic carbocycles. The van der Waals surface area contributed by atoms with Gasteiger partial charge in [0.05, 0.1) is 6.10 Å². The van der Waals surface area contributed by atoms with E-state index >= 15 is 0 Å². The maximum Gasteiger partial charge on any atom is 0.0713 e. The summed E-state index contributed by atoms with van der Waals surface area (Å²) in [6.07, 6.45) is 4.65. The van der Waals surface area contributed by atoms with Crippen molar-refractivity contribution in [3.63, 3.8) is 0 Å². The van der Waals surface area contributed by atoms with Crippen LogP contribution >= 0.6 is 11.6 Å². The number of β-amino-alcohol motifs (C(OH)–C–C–N with tert-alkyl or cyclic N) is 1. The first-order valence-corrected chi connectivity index (χ1v) is 7.67. The van der Waals surface area contributed by atoms with E-state index in [-0.39, 0.29) is 11.5 Å². The fraction of sp³-hybridized carbons (Fsp3) is 0.625. The van der Waals surface area contributed by atoms with Gasteiger partial charge in [0.2, 0.25) is 0 Å². The van der Waals surface area contributed by atoms with Crippen LogP contribution in [-0.4, -0.2) is 24.3 Å². The second-order valence-corrected chi connectivity index (χ2v) is 6.57. The van der Waals surface area contributed by atoms with Gasteiger partial charge in [0, 0.05) is 29.4 Å². The van der Waals surface area contributed by atoms with Gasteiger partial charge in [-0.05, 0) is 37.0 Å². The Kier molecular flexibility index (Phi) is 3.59. The van der Waals surface area contributed by atoms with Crippen LogP contribution in [0.3, 0.4) is 0 Å². The Balaban J connectivity index is 2.02. The minimum Gasteiger partial charge on any atom is -0.391 e. The molecule has 1 aliphatic carbocycles. The minimum absolute atomic E-state index is 0.125. The topological polar surface area (TPSA) is 32.3 Å². The van der Waals surface area contributed by atoms with E-state index in [0.717, 1.165) is 23.7 Å². The smallest absolute Gasteiger partial charge is 0.0713 e. The number of aliphatic hydroxyl groups excluding tert-OH is 1. The lowest BCUT2D eigenvalue weighted by atomic mass is 9.67. The lowest BCUT2D eigenvalue weighted by Gasteiger charge is -2.37. The summed E-state index contributed by atoms with van der Waals surface area (Å²) >= 11 is 6.32. The van der Waals surface area contributed by atoms with Gasteiger partial charge >= 0.3 is 0 Å². The molecule has 0 aromatic heterocycles. The summed E-state index contributed by atoms with van der Waals surface area (Å²) in [6.45, 7) is 3.69. The van der Waals surface area contributed by atoms with Gasteiger partial charge in [0.1, 0.15) is 0 Å². The molecule has 0 spiro atoms. The third kappa shape index (κ3) is 2.20. The van der Waals surface area contributed by atoms with Crippen LogP contribution in [0.25, 0.3) is 0 Å². The molecule has 2 N–H and O–H groups in total. The van der Waals surface area contributed by atoms with Gasteiger partial charge in [-0.2, -0.15) is 0 Å². The first-order valence-electron chi connectivity index (χ1n) is 7.29. The fourth-order valence-corrected chi connectivity index (χ4v) is 4.19. The van der Waals surface area contributed by atoms with Crippen LogP contribution in [0.15, 0.2) is 18.2 Å². The van der Waals surface area contributed by atoms with Crippen molar-refractivity contribution in [3.05, 3.63) is 34.3 Å². The summed E-state index contributed by atoms with van der Waals surface area (Å²) in [5.41, 5.74) is 2.58. The molecule has 0 bridgehead atoms. The van der Waals surface area contributed by atoms with Crippen molar-refractivity contribution in [2.24, 2.45) is 5.92 Å². The molecule has 1 saturated heterocycles. The Bertz CT molecular complexity index is 468. The minimum atomic E-state index is -0.224. The van der Waals surface area contributed by atoms with Crippen LogP contribution in [0.5, 0.6) is 0 Å². The molecule has 1 aromatic rings. The summed E-state index contributed by atoms with van der Waals surface area (Å²) in [6, 6.07) is 6.47. The molecule has 2 fully saturated rings. The highest BCUT2D eigenvalue weighted by molar-refractivity contribution is 6.31. The standard InChI is InChI=1S/C16H22ClNO/c1-11-4-5-12(8-14(11)17)16(6-2-3-7-16)13-9-18-10-15(13)19/h4-5,8,13,15,18-19H,2-3,6-7,9-10H2,1H3. The number of halogens is 1. The number of hydrogen-bond acceptors (Lipinski definition) is 2. The quantitative estimate of drug-likeness (QED) is 0.872. The first kappa shape index (κ1) is 13.4. The van der Waals surface area contributed by atoms with E-state index in [1.54, 1.807) is 0 Å². The molecule has 2 nitrogen and oxygen atoms in total. The van der Waals surface area contributed by atoms with Crippen molar-refractivity contribution >= 4 is 11.6 Å². The van der Waals surface area contributed by atoms with Crippen molar-refractivity contribution in [2.45, 2.75) is 44.1 Å². The molecule has 19 heavy (non-hydrogen) atoms. The van der Waals surface area contributed by atoms with Crippen molar-refractivity contribution < 1.29 is 5.11 Å². The summed E-state index contributed by atoms with van der Waals surface area (Å²) in [5, 5.41) is 14.5. The van der Waals surface area contributed by atoms with Crippen LogP contribution in [0.2, 0.25) is 5.02 Å². The van der Waals surface area contributed by atoms with E-state index in [2.05, 4.69) is 23.5 Å². The number of aliphatic hydroxyl groups is 1. The Labute approximate surface area is 120 Å². The highest BCUT2D eigenvalue weighted by Crippen LogP contribution is 2.49. The zero-order chi connectivity index (χ0) is 13.5. The van der Waals surface area contributed by atoms with E-state index < -0.39 is 0 Å². The number of rotatable bonds is 2. The number of aryl methyl sites for hydroxylation is 1. The van der Waals surface area contributed by atoms with Crippen LogP contribution in [0.4, 0.5) is 0 Å². The van der Waals surface area contributed by atoms with Crippen molar-refractivity contribution in [3.8, 4) is 0 Å². The first-order chi connectivity index (χ1) is 9.13. The molecule has 1 aliphatic heterocycles. The van der Waals surface area contributed by atoms with Crippen LogP contribution < -0.4 is 5.32 Å². The summed E-state index contributed by atoms with van der Waals surface area (Å²) in [7, 11) is 0. The van der Waals surface area contributed by atoms with Crippen LogP contribution in [0.1, 0.15) is 36.8 Å². The Morgan fingerprint density at radius 1 is 1.26 bits per heavy atom. The van der Waals surface area contributed by atoms with E-state index in [0.29, 0.717) is 5.92 Å². The lowest BCUT2D eigenvalue weighted by molar-refractivity contribution is 0.0960. The molecule has 104 valence electrons. The van der Waals surface area contributed by atoms with Crippen LogP contribution in [0, 0.1) is 12.8 Å². The third-order valence-corrected chi connectivity index (χ3v) is 5.54. The molecular formula is C16H22ClNO. The summed E-state index contributed by atoms with van der Waals surface area (Å²) < 4.78 is 0. The molecule has 3 rings (SSSR count). The summed E-state index contributed by atoms with van der Waals surface area (Å²) in [4.78, 5) is 0. The largest absolute Gasteiger partial charge is 0.391 e. The monoisotopic (exact) mass is 279 g/mol. The van der Waals surface area contributed by atoms with Gasteiger partial charge in [-0.3, -0.25) is 0 Å². The zero-order valence-corrected chi connectivity index (χ0v) is 12.2. The van der Waals surface area contributed by atoms with E-state index in [9.17, 15) is 5.11 Å². The molecule has 0 radical (unpaired) electrons. The van der Waals surface area contributed by atoms with Crippen molar-refractivity contribution in [1.82, 2.24) is 5.32 Å². The highest BCUT2D eigenvalue weighted by Gasteiger charge is 2.47. The van der Waals surface area contributed by atoms with Gasteiger partial charge in [0.25, 0.3) is 0 Å². The molecule has 3 heteroatoms. The normalized spacial score (nSPS) is 29.8. The SMILES string of the molecule is Cc1ccc(C2(C3CNCC3O)CCCC2)cc1Cl. The van der Waals surface area contributed by atoms with Crippen LogP contribution in [-0.2, 0) is 5.41 Å². The summed E-state index contributed by atoms with van der Waals surface area (Å²) in [5.74, 6) is 0.328.